The number of benzene rings is 2. The van der Waals surface area contributed by atoms with Crippen molar-refractivity contribution in [1.29, 1.82) is 0 Å². The summed E-state index contributed by atoms with van der Waals surface area (Å²) < 4.78 is 38.8. The molecule has 0 bridgehead atoms. The third-order valence-electron chi connectivity index (χ3n) is 4.25. The number of nitrogens with one attached hydrogen (secondary N) is 2. The molecule has 1 atom stereocenters. The van der Waals surface area contributed by atoms with Crippen LogP contribution in [0.25, 0.3) is 0 Å². The van der Waals surface area contributed by atoms with Crippen molar-refractivity contribution in [3.63, 3.8) is 0 Å². The number of sulfone groups is 1. The normalized spacial score (nSPS) is 16.6. The number of fused-ring (bicyclic) bond motifs is 1. The number of halogens is 1. The smallest absolute Gasteiger partial charge is 0.228 e. The van der Waals surface area contributed by atoms with Crippen molar-refractivity contribution < 1.29 is 22.4 Å². The Morgan fingerprint density at radius 2 is 2.04 bits per heavy atom. The monoisotopic (exact) mass is 422 g/mol. The van der Waals surface area contributed by atoms with E-state index in [4.69, 9.17) is 0 Å². The number of para-hydroxylation sites is 1. The van der Waals surface area contributed by atoms with Crippen molar-refractivity contribution in [1.82, 2.24) is 0 Å². The first-order valence-corrected chi connectivity index (χ1v) is 11.2. The van der Waals surface area contributed by atoms with Gasteiger partial charge in [0.25, 0.3) is 0 Å². The summed E-state index contributed by atoms with van der Waals surface area (Å²) in [6.45, 7) is 1.81. The molecular formula is C19H19FN2O4S2. The van der Waals surface area contributed by atoms with Gasteiger partial charge >= 0.3 is 0 Å². The van der Waals surface area contributed by atoms with Gasteiger partial charge in [0.2, 0.25) is 11.8 Å². The first-order chi connectivity index (χ1) is 13.3. The molecule has 2 amide bonds. The van der Waals surface area contributed by atoms with Crippen LogP contribution in [0.4, 0.5) is 15.8 Å². The topological polar surface area (TPSA) is 92.3 Å². The quantitative estimate of drug-likeness (QED) is 0.771. The molecular weight excluding hydrogens is 403 g/mol. The molecule has 0 saturated carbocycles. The second kappa shape index (κ2) is 8.32. The predicted octanol–water partition coefficient (Wildman–Crippen LogP) is 3.31. The van der Waals surface area contributed by atoms with E-state index >= 15 is 0 Å². The molecule has 0 aliphatic carbocycles. The fourth-order valence-electron chi connectivity index (χ4n) is 2.59. The molecule has 1 aliphatic heterocycles. The molecule has 28 heavy (non-hydrogen) atoms. The number of carbonyl (C=O) groups excluding carboxylic acids is 2. The average molecular weight is 423 g/mol. The molecule has 0 aromatic heterocycles. The molecule has 0 fully saturated rings. The second-order valence-electron chi connectivity index (χ2n) is 6.46. The van der Waals surface area contributed by atoms with E-state index in [0.717, 1.165) is 4.90 Å². The molecule has 0 unspecified atom stereocenters. The van der Waals surface area contributed by atoms with Crippen molar-refractivity contribution in [2.75, 3.05) is 22.1 Å². The zero-order chi connectivity index (χ0) is 20.3. The van der Waals surface area contributed by atoms with Gasteiger partial charge in [-0.15, -0.1) is 11.8 Å². The van der Waals surface area contributed by atoms with Crippen molar-refractivity contribution >= 4 is 44.8 Å². The second-order valence-corrected chi connectivity index (χ2v) is 9.63. The Bertz CT molecular complexity index is 1020. The van der Waals surface area contributed by atoms with Crippen molar-refractivity contribution in [3.8, 4) is 0 Å². The van der Waals surface area contributed by atoms with Gasteiger partial charge in [-0.05, 0) is 30.3 Å². The van der Waals surface area contributed by atoms with E-state index in [1.165, 1.54) is 42.1 Å². The molecule has 2 aromatic carbocycles. The van der Waals surface area contributed by atoms with Crippen LogP contribution >= 0.6 is 11.8 Å². The summed E-state index contributed by atoms with van der Waals surface area (Å²) in [6, 6.07) is 10.2. The van der Waals surface area contributed by atoms with Gasteiger partial charge in [-0.1, -0.05) is 19.1 Å². The van der Waals surface area contributed by atoms with Gasteiger partial charge < -0.3 is 10.6 Å². The zero-order valence-electron chi connectivity index (χ0n) is 15.1. The highest BCUT2D eigenvalue weighted by atomic mass is 32.2. The Balaban J connectivity index is 1.70. The van der Waals surface area contributed by atoms with Crippen LogP contribution in [0.15, 0.2) is 52.3 Å². The fraction of sp³-hybridized carbons (Fsp3) is 0.263. The first kappa shape index (κ1) is 20.3. The highest BCUT2D eigenvalue weighted by Crippen LogP contribution is 2.34. The maximum absolute atomic E-state index is 13.6. The third kappa shape index (κ3) is 4.71. The minimum absolute atomic E-state index is 0.00351. The van der Waals surface area contributed by atoms with Gasteiger partial charge in [-0.2, -0.15) is 0 Å². The van der Waals surface area contributed by atoms with Gasteiger partial charge in [0.05, 0.1) is 22.0 Å². The highest BCUT2D eigenvalue weighted by Gasteiger charge is 2.23. The molecule has 2 N–H and O–H groups in total. The van der Waals surface area contributed by atoms with Gasteiger partial charge in [-0.3, -0.25) is 9.59 Å². The standard InChI is InChI=1S/C19H19FN2O4S2/c1-12-11-27-17-7-6-13(10-16(17)22-19(12)24)28(25,26)9-8-18(23)21-15-5-3-2-4-14(15)20/h2-7,10,12H,8-9,11H2,1H3,(H,21,23)(H,22,24)/t12-/m1/s1. The number of hydrogen-bond donors (Lipinski definition) is 2. The van der Waals surface area contributed by atoms with Gasteiger partial charge in [0.1, 0.15) is 5.82 Å². The van der Waals surface area contributed by atoms with E-state index in [-0.39, 0.29) is 28.8 Å². The van der Waals surface area contributed by atoms with Crippen LogP contribution in [-0.2, 0) is 19.4 Å². The largest absolute Gasteiger partial charge is 0.325 e. The lowest BCUT2D eigenvalue weighted by molar-refractivity contribution is -0.118. The van der Waals surface area contributed by atoms with Crippen LogP contribution in [0.3, 0.4) is 0 Å². The summed E-state index contributed by atoms with van der Waals surface area (Å²) in [6.07, 6.45) is -0.314. The van der Waals surface area contributed by atoms with Crippen LogP contribution in [0, 0.1) is 11.7 Å². The number of anilines is 2. The van der Waals surface area contributed by atoms with Crippen LogP contribution in [0.2, 0.25) is 0 Å². The SMILES string of the molecule is C[C@@H]1CSc2ccc(S(=O)(=O)CCC(=O)Nc3ccccc3F)cc2NC1=O. The summed E-state index contributed by atoms with van der Waals surface area (Å²) >= 11 is 1.48. The van der Waals surface area contributed by atoms with Crippen molar-refractivity contribution in [2.24, 2.45) is 5.92 Å². The number of thioether (sulfide) groups is 1. The summed E-state index contributed by atoms with van der Waals surface area (Å²) in [5.74, 6) is -1.34. The zero-order valence-corrected chi connectivity index (χ0v) is 16.7. The van der Waals surface area contributed by atoms with Crippen LogP contribution in [0.5, 0.6) is 0 Å². The molecule has 1 aliphatic rings. The van der Waals surface area contributed by atoms with Gasteiger partial charge in [0, 0.05) is 23.0 Å². The maximum Gasteiger partial charge on any atom is 0.228 e. The lowest BCUT2D eigenvalue weighted by Gasteiger charge is -2.10. The Hall–Kier alpha value is -2.39. The lowest BCUT2D eigenvalue weighted by Crippen LogP contribution is -2.20. The van der Waals surface area contributed by atoms with E-state index in [1.54, 1.807) is 19.1 Å². The molecule has 0 spiro atoms. The molecule has 3 rings (SSSR count). The number of rotatable bonds is 5. The van der Waals surface area contributed by atoms with Crippen LogP contribution in [-0.4, -0.2) is 31.7 Å². The predicted molar refractivity (Wildman–Crippen MR) is 107 cm³/mol. The minimum Gasteiger partial charge on any atom is -0.325 e. The summed E-state index contributed by atoms with van der Waals surface area (Å²) in [4.78, 5) is 24.8. The highest BCUT2D eigenvalue weighted by molar-refractivity contribution is 7.99. The van der Waals surface area contributed by atoms with Crippen molar-refractivity contribution in [2.45, 2.75) is 23.1 Å². The Kier molecular flexibility index (Phi) is 6.04. The first-order valence-electron chi connectivity index (χ1n) is 8.61. The average Bonchev–Trinajstić information content (AvgIpc) is 2.80. The van der Waals surface area contributed by atoms with Crippen LogP contribution < -0.4 is 10.6 Å². The minimum atomic E-state index is -3.75. The molecule has 148 valence electrons. The Labute approximate surface area is 166 Å². The summed E-state index contributed by atoms with van der Waals surface area (Å²) in [5, 5.41) is 5.11. The number of amides is 2. The Morgan fingerprint density at radius 3 is 2.79 bits per heavy atom. The Morgan fingerprint density at radius 1 is 1.29 bits per heavy atom. The van der Waals surface area contributed by atoms with Crippen LogP contribution in [0.1, 0.15) is 13.3 Å². The summed E-state index contributed by atoms with van der Waals surface area (Å²) in [5.41, 5.74) is 0.458. The van der Waals surface area contributed by atoms with E-state index in [0.29, 0.717) is 11.4 Å². The molecule has 2 aromatic rings. The van der Waals surface area contributed by atoms with Gasteiger partial charge in [0.15, 0.2) is 9.84 Å². The maximum atomic E-state index is 13.6. The van der Waals surface area contributed by atoms with Gasteiger partial charge in [-0.25, -0.2) is 12.8 Å². The fourth-order valence-corrected chi connectivity index (χ4v) is 4.87. The lowest BCUT2D eigenvalue weighted by atomic mass is 10.2. The molecule has 1 heterocycles. The number of carbonyl (C=O) groups is 2. The molecule has 0 radical (unpaired) electrons. The van der Waals surface area contributed by atoms with Crippen molar-refractivity contribution in [3.05, 3.63) is 48.3 Å². The molecule has 6 nitrogen and oxygen atoms in total. The third-order valence-corrected chi connectivity index (χ3v) is 7.30. The number of hydrogen-bond acceptors (Lipinski definition) is 5. The van der Waals surface area contributed by atoms with E-state index in [1.807, 2.05) is 0 Å². The molecule has 9 heteroatoms. The van der Waals surface area contributed by atoms with E-state index < -0.39 is 27.3 Å². The van der Waals surface area contributed by atoms with E-state index in [2.05, 4.69) is 10.6 Å². The van der Waals surface area contributed by atoms with E-state index in [9.17, 15) is 22.4 Å². The molecule has 0 saturated heterocycles. The summed E-state index contributed by atoms with van der Waals surface area (Å²) in [7, 11) is -3.75.